The maximum atomic E-state index is 3.82. The van der Waals surface area contributed by atoms with E-state index in [1.54, 1.807) is 0 Å². The van der Waals surface area contributed by atoms with Gasteiger partial charge in [-0.15, -0.1) is 0 Å². The molecule has 0 aliphatic heterocycles. The number of allylic oxidation sites excluding steroid dienone is 4. The van der Waals surface area contributed by atoms with Gasteiger partial charge in [0.25, 0.3) is 0 Å². The number of hydrogen-bond acceptors (Lipinski definition) is 2. The molecule has 5 atom stereocenters. The van der Waals surface area contributed by atoms with Crippen LogP contribution in [0.25, 0.3) is 0 Å². The molecule has 2 aliphatic carbocycles. The van der Waals surface area contributed by atoms with Crippen LogP contribution in [0.4, 0.5) is 5.69 Å². The van der Waals surface area contributed by atoms with E-state index >= 15 is 0 Å². The topological polar surface area (TPSA) is 24.1 Å². The lowest BCUT2D eigenvalue weighted by atomic mass is 9.75. The number of anilines is 1. The Morgan fingerprint density at radius 3 is 2.62 bits per heavy atom. The highest BCUT2D eigenvalue weighted by molar-refractivity contribution is 9.10. The first kappa shape index (κ1) is 18.1. The second kappa shape index (κ2) is 8.09. The number of hydrogen-bond donors (Lipinski definition) is 2. The van der Waals surface area contributed by atoms with E-state index in [0.717, 1.165) is 10.9 Å². The van der Waals surface area contributed by atoms with Crippen LogP contribution in [0.3, 0.4) is 0 Å². The van der Waals surface area contributed by atoms with Crippen LogP contribution in [0.1, 0.15) is 33.1 Å². The normalized spacial score (nSPS) is 33.0. The number of halogens is 2. The molecule has 1 fully saturated rings. The summed E-state index contributed by atoms with van der Waals surface area (Å²) in [5.41, 5.74) is 2.52. The Morgan fingerprint density at radius 1 is 1.08 bits per heavy atom. The van der Waals surface area contributed by atoms with Crippen LogP contribution >= 0.6 is 31.9 Å². The Hall–Kier alpha value is -0.740. The van der Waals surface area contributed by atoms with Gasteiger partial charge in [-0.05, 0) is 65.2 Å². The molecule has 4 heteroatoms. The summed E-state index contributed by atoms with van der Waals surface area (Å²) < 4.78 is 1.14. The molecule has 3 rings (SSSR count). The summed E-state index contributed by atoms with van der Waals surface area (Å²) in [7, 11) is 0. The van der Waals surface area contributed by atoms with Gasteiger partial charge in [-0.2, -0.15) is 0 Å². The predicted molar refractivity (Wildman–Crippen MR) is 111 cm³/mol. The van der Waals surface area contributed by atoms with Crippen LogP contribution in [0.5, 0.6) is 0 Å². The fraction of sp³-hybridized carbons (Fsp3) is 0.500. The Balaban J connectivity index is 1.71. The zero-order valence-electron chi connectivity index (χ0n) is 14.3. The molecular formula is C20H26Br2N2. The van der Waals surface area contributed by atoms with E-state index in [4.69, 9.17) is 0 Å². The molecular weight excluding hydrogens is 428 g/mol. The minimum atomic E-state index is 0.420. The van der Waals surface area contributed by atoms with Gasteiger partial charge in [0, 0.05) is 27.9 Å². The molecule has 0 aromatic heterocycles. The highest BCUT2D eigenvalue weighted by Gasteiger charge is 2.35. The fourth-order valence-electron chi connectivity index (χ4n) is 3.84. The van der Waals surface area contributed by atoms with Crippen LogP contribution < -0.4 is 10.6 Å². The lowest BCUT2D eigenvalue weighted by molar-refractivity contribution is 0.213. The summed E-state index contributed by atoms with van der Waals surface area (Å²) in [6.07, 6.45) is 10.1. The average molecular weight is 454 g/mol. The van der Waals surface area contributed by atoms with Crippen molar-refractivity contribution >= 4 is 37.5 Å². The van der Waals surface area contributed by atoms with E-state index in [-0.39, 0.29) is 0 Å². The zero-order chi connectivity index (χ0) is 17.1. The van der Waals surface area contributed by atoms with E-state index in [9.17, 15) is 0 Å². The molecule has 2 aliphatic rings. The van der Waals surface area contributed by atoms with Gasteiger partial charge >= 0.3 is 0 Å². The molecule has 1 saturated carbocycles. The van der Waals surface area contributed by atoms with Crippen LogP contribution in [-0.2, 0) is 0 Å². The second-order valence-electron chi connectivity index (χ2n) is 7.07. The summed E-state index contributed by atoms with van der Waals surface area (Å²) in [6, 6.07) is 9.40. The van der Waals surface area contributed by atoms with Crippen molar-refractivity contribution in [3.8, 4) is 0 Å². The van der Waals surface area contributed by atoms with E-state index in [1.807, 2.05) is 0 Å². The third-order valence-electron chi connectivity index (χ3n) is 5.39. The van der Waals surface area contributed by atoms with Crippen LogP contribution in [0.2, 0.25) is 0 Å². The molecule has 0 spiro atoms. The summed E-state index contributed by atoms with van der Waals surface area (Å²) in [6.45, 7) is 4.75. The monoisotopic (exact) mass is 452 g/mol. The van der Waals surface area contributed by atoms with Crippen molar-refractivity contribution in [3.05, 3.63) is 52.7 Å². The summed E-state index contributed by atoms with van der Waals surface area (Å²) in [4.78, 5) is 0.420. The molecule has 4 unspecified atom stereocenters. The molecule has 2 nitrogen and oxygen atoms in total. The Kier molecular flexibility index (Phi) is 6.09. The molecule has 24 heavy (non-hydrogen) atoms. The van der Waals surface area contributed by atoms with Crippen molar-refractivity contribution in [1.82, 2.24) is 5.32 Å². The Labute approximate surface area is 162 Å². The van der Waals surface area contributed by atoms with Crippen molar-refractivity contribution in [1.29, 1.82) is 0 Å². The van der Waals surface area contributed by atoms with Gasteiger partial charge in [0.05, 0.1) is 4.83 Å². The first-order chi connectivity index (χ1) is 11.6. The number of benzene rings is 1. The largest absolute Gasteiger partial charge is 0.384 e. The quantitative estimate of drug-likeness (QED) is 0.557. The Bertz CT molecular complexity index is 626. The lowest BCUT2D eigenvalue weighted by Crippen LogP contribution is -2.50. The lowest BCUT2D eigenvalue weighted by Gasteiger charge is -2.42. The van der Waals surface area contributed by atoms with Gasteiger partial charge < -0.3 is 10.6 Å². The van der Waals surface area contributed by atoms with Gasteiger partial charge in [-0.25, -0.2) is 0 Å². The van der Waals surface area contributed by atoms with Crippen LogP contribution in [0, 0.1) is 11.8 Å². The highest BCUT2D eigenvalue weighted by atomic mass is 79.9. The van der Waals surface area contributed by atoms with Crippen LogP contribution in [0.15, 0.2) is 52.7 Å². The fourth-order valence-corrected chi connectivity index (χ4v) is 4.74. The molecule has 130 valence electrons. The first-order valence-electron chi connectivity index (χ1n) is 8.84. The molecule has 1 aromatic rings. The minimum absolute atomic E-state index is 0.420. The van der Waals surface area contributed by atoms with E-state index in [2.05, 4.69) is 98.8 Å². The van der Waals surface area contributed by atoms with E-state index in [0.29, 0.717) is 28.7 Å². The molecule has 0 saturated heterocycles. The summed E-state index contributed by atoms with van der Waals surface area (Å²) in [5.74, 6) is 1.23. The maximum Gasteiger partial charge on any atom is 0.0577 e. The average Bonchev–Trinajstić information content (AvgIpc) is 2.57. The molecule has 0 bridgehead atoms. The Morgan fingerprint density at radius 2 is 1.88 bits per heavy atom. The summed E-state index contributed by atoms with van der Waals surface area (Å²) >= 11 is 7.45. The molecule has 0 heterocycles. The number of para-hydroxylation sites is 1. The minimum Gasteiger partial charge on any atom is -0.384 e. The second-order valence-corrected chi connectivity index (χ2v) is 9.03. The smallest absolute Gasteiger partial charge is 0.0577 e. The molecule has 0 amide bonds. The van der Waals surface area contributed by atoms with E-state index < -0.39 is 0 Å². The third kappa shape index (κ3) is 4.08. The van der Waals surface area contributed by atoms with Crippen molar-refractivity contribution in [2.45, 2.75) is 50.0 Å². The summed E-state index contributed by atoms with van der Waals surface area (Å²) in [5, 5.41) is 7.61. The number of alkyl halides is 1. The molecule has 0 radical (unpaired) electrons. The highest BCUT2D eigenvalue weighted by Crippen LogP contribution is 2.34. The van der Waals surface area contributed by atoms with E-state index in [1.165, 1.54) is 24.2 Å². The SMILES string of the molecule is CC1C(NC2=CC=CCC2Br)CC[C@@H](C)C1Nc1ccccc1Br. The third-order valence-corrected chi connectivity index (χ3v) is 6.95. The number of nitrogens with one attached hydrogen (secondary N) is 2. The molecule has 1 aromatic carbocycles. The zero-order valence-corrected chi connectivity index (χ0v) is 17.5. The van der Waals surface area contributed by atoms with Gasteiger partial charge in [0.15, 0.2) is 0 Å². The standard InChI is InChI=1S/C20H26Br2N2/c1-13-11-12-17(23-18-9-5-3-7-15(18)21)14(2)20(13)24-19-10-6-4-8-16(19)22/h3-6,8-10,13-15,17,20,23-24H,7,11-12H2,1-2H3/t13-,14?,15?,17?,20?/m1/s1. The van der Waals surface area contributed by atoms with Gasteiger partial charge in [-0.1, -0.05) is 54.1 Å². The van der Waals surface area contributed by atoms with Gasteiger partial charge in [0.1, 0.15) is 0 Å². The van der Waals surface area contributed by atoms with Crippen molar-refractivity contribution in [2.24, 2.45) is 11.8 Å². The van der Waals surface area contributed by atoms with Crippen LogP contribution in [-0.4, -0.2) is 16.9 Å². The number of rotatable bonds is 4. The van der Waals surface area contributed by atoms with Crippen molar-refractivity contribution in [2.75, 3.05) is 5.32 Å². The molecule has 2 N–H and O–H groups in total. The predicted octanol–water partition coefficient (Wildman–Crippen LogP) is 5.86. The van der Waals surface area contributed by atoms with Crippen molar-refractivity contribution < 1.29 is 0 Å². The maximum absolute atomic E-state index is 3.82. The van der Waals surface area contributed by atoms with Gasteiger partial charge in [-0.3, -0.25) is 0 Å². The van der Waals surface area contributed by atoms with Gasteiger partial charge in [0.2, 0.25) is 0 Å². The first-order valence-corrected chi connectivity index (χ1v) is 10.6. The van der Waals surface area contributed by atoms with Crippen molar-refractivity contribution in [3.63, 3.8) is 0 Å².